The summed E-state index contributed by atoms with van der Waals surface area (Å²) in [4.78, 5) is 27.5. The van der Waals surface area contributed by atoms with Crippen LogP contribution in [0.2, 0.25) is 0 Å². The van der Waals surface area contributed by atoms with Gasteiger partial charge in [0.05, 0.1) is 7.11 Å². The molecule has 0 spiro atoms. The van der Waals surface area contributed by atoms with E-state index in [-0.39, 0.29) is 56.3 Å². The van der Waals surface area contributed by atoms with E-state index in [2.05, 4.69) is 163 Å². The minimum Gasteiger partial charge on any atom is -0.341 e. The van der Waals surface area contributed by atoms with Crippen LogP contribution in [0, 0.1) is 17.8 Å². The Labute approximate surface area is 376 Å². The Bertz CT molecular complexity index is 1550. The molecule has 0 bridgehead atoms. The summed E-state index contributed by atoms with van der Waals surface area (Å²) in [6, 6.07) is 0.559. The molecule has 0 saturated carbocycles. The summed E-state index contributed by atoms with van der Waals surface area (Å²) in [5.41, 5.74) is 0.206. The van der Waals surface area contributed by atoms with Crippen molar-refractivity contribution in [2.45, 2.75) is 270 Å². The first-order valence-corrected chi connectivity index (χ1v) is 24.7. The molecule has 10 heteroatoms. The number of hydrogen-bond acceptors (Lipinski definition) is 10. The molecule has 61 heavy (non-hydrogen) atoms. The van der Waals surface area contributed by atoms with Gasteiger partial charge in [-0.2, -0.15) is 20.0 Å². The van der Waals surface area contributed by atoms with Crippen molar-refractivity contribution in [3.63, 3.8) is 0 Å². The lowest BCUT2D eigenvalue weighted by molar-refractivity contribution is -0.266. The van der Waals surface area contributed by atoms with E-state index in [1.165, 1.54) is 44.9 Å². The standard InChI is InChI=1S/C51H97N9O/c1-35(36-27-44(2,3)55-45(4,5)28-36)25-23-21-22-24-26-40(37-29-46(6,7)56-47(8,9)30-37)41-52-42(58(18)38-31-48(10,11)57-49(12,13)32-38)54-43(53-41)59(19)39-33-50(14,15)60(61-20)51(16,17)34-39/h35-40,55-57H,21-34H2,1-20H3. The maximum absolute atomic E-state index is 6.03. The summed E-state index contributed by atoms with van der Waals surface area (Å²) in [6.07, 6.45) is 16.3. The number of hydrogen-bond donors (Lipinski definition) is 3. The van der Waals surface area contributed by atoms with Gasteiger partial charge in [-0.3, -0.25) is 0 Å². The second-order valence-corrected chi connectivity index (χ2v) is 26.3. The molecule has 4 aliphatic rings. The number of unbranched alkanes of at least 4 members (excludes halogenated alkanes) is 3. The first-order chi connectivity index (χ1) is 27.7. The molecule has 1 aromatic rings. The normalized spacial score (nSPS) is 27.3. The fourth-order valence-corrected chi connectivity index (χ4v) is 14.2. The van der Waals surface area contributed by atoms with E-state index < -0.39 is 0 Å². The zero-order valence-corrected chi connectivity index (χ0v) is 43.5. The lowest BCUT2D eigenvalue weighted by Crippen LogP contribution is -2.63. The highest BCUT2D eigenvalue weighted by molar-refractivity contribution is 5.41. The fraction of sp³-hybridized carbons (Fsp3) is 0.941. The molecule has 3 N–H and O–H groups in total. The van der Waals surface area contributed by atoms with Crippen molar-refractivity contribution >= 4 is 11.9 Å². The van der Waals surface area contributed by atoms with Crippen LogP contribution in [0.1, 0.15) is 219 Å². The van der Waals surface area contributed by atoms with E-state index in [1.54, 1.807) is 0 Å². The van der Waals surface area contributed by atoms with Gasteiger partial charge >= 0.3 is 0 Å². The largest absolute Gasteiger partial charge is 0.341 e. The lowest BCUT2D eigenvalue weighted by Gasteiger charge is -2.54. The molecular formula is C51H97N9O. The number of nitrogens with one attached hydrogen (secondary N) is 3. The monoisotopic (exact) mass is 852 g/mol. The highest BCUT2D eigenvalue weighted by Gasteiger charge is 2.49. The molecular weight excluding hydrogens is 755 g/mol. The van der Waals surface area contributed by atoms with E-state index >= 15 is 0 Å². The summed E-state index contributed by atoms with van der Waals surface area (Å²) in [5, 5.41) is 14.0. The average Bonchev–Trinajstić information content (AvgIpc) is 3.05. The van der Waals surface area contributed by atoms with Gasteiger partial charge in [0.1, 0.15) is 5.82 Å². The van der Waals surface area contributed by atoms with Gasteiger partial charge in [-0.05, 0) is 186 Å². The van der Waals surface area contributed by atoms with Crippen molar-refractivity contribution in [1.29, 1.82) is 0 Å². The zero-order chi connectivity index (χ0) is 45.8. The minimum atomic E-state index is -0.148. The van der Waals surface area contributed by atoms with Gasteiger partial charge < -0.3 is 30.6 Å². The molecule has 4 saturated heterocycles. The van der Waals surface area contributed by atoms with Gasteiger partial charge in [0.2, 0.25) is 11.9 Å². The fourth-order valence-electron chi connectivity index (χ4n) is 14.2. The maximum atomic E-state index is 6.03. The van der Waals surface area contributed by atoms with Crippen molar-refractivity contribution in [3.8, 4) is 0 Å². The van der Waals surface area contributed by atoms with E-state index in [9.17, 15) is 0 Å². The Balaban J connectivity index is 1.45. The number of nitrogens with zero attached hydrogens (tertiary/aromatic N) is 6. The highest BCUT2D eigenvalue weighted by Crippen LogP contribution is 2.45. The predicted molar refractivity (Wildman–Crippen MR) is 259 cm³/mol. The molecule has 352 valence electrons. The van der Waals surface area contributed by atoms with Gasteiger partial charge in [-0.25, -0.2) is 0 Å². The summed E-state index contributed by atoms with van der Waals surface area (Å²) >= 11 is 0. The van der Waals surface area contributed by atoms with E-state index in [0.29, 0.717) is 12.0 Å². The Morgan fingerprint density at radius 3 is 1.30 bits per heavy atom. The summed E-state index contributed by atoms with van der Waals surface area (Å²) in [6.45, 7) is 40.3. The van der Waals surface area contributed by atoms with Gasteiger partial charge in [0.15, 0.2) is 0 Å². The van der Waals surface area contributed by atoms with Crippen molar-refractivity contribution in [1.82, 2.24) is 36.0 Å². The molecule has 4 fully saturated rings. The summed E-state index contributed by atoms with van der Waals surface area (Å²) in [5.74, 6) is 4.92. The minimum absolute atomic E-state index is 0.00995. The Morgan fingerprint density at radius 1 is 0.525 bits per heavy atom. The molecule has 5 rings (SSSR count). The van der Waals surface area contributed by atoms with Crippen LogP contribution in [-0.2, 0) is 4.84 Å². The third kappa shape index (κ3) is 13.0. The highest BCUT2D eigenvalue weighted by atomic mass is 16.7. The van der Waals surface area contributed by atoms with Crippen LogP contribution >= 0.6 is 0 Å². The topological polar surface area (TPSA) is 93.7 Å². The molecule has 2 unspecified atom stereocenters. The lowest BCUT2D eigenvalue weighted by atomic mass is 9.69. The van der Waals surface area contributed by atoms with Crippen molar-refractivity contribution < 1.29 is 4.84 Å². The van der Waals surface area contributed by atoms with Crippen molar-refractivity contribution in [2.75, 3.05) is 31.0 Å². The van der Waals surface area contributed by atoms with E-state index in [4.69, 9.17) is 19.8 Å². The van der Waals surface area contributed by atoms with Crippen molar-refractivity contribution in [2.24, 2.45) is 17.8 Å². The van der Waals surface area contributed by atoms with Crippen LogP contribution in [-0.4, -0.2) is 97.6 Å². The van der Waals surface area contributed by atoms with Crippen LogP contribution in [0.5, 0.6) is 0 Å². The van der Waals surface area contributed by atoms with Gasteiger partial charge in [0.25, 0.3) is 0 Å². The molecule has 0 aliphatic carbocycles. The summed E-state index contributed by atoms with van der Waals surface area (Å²) < 4.78 is 0. The number of aromatic nitrogens is 3. The smallest absolute Gasteiger partial charge is 0.230 e. The van der Waals surface area contributed by atoms with Crippen molar-refractivity contribution in [3.05, 3.63) is 5.82 Å². The molecule has 4 aliphatic heterocycles. The summed E-state index contributed by atoms with van der Waals surface area (Å²) in [7, 11) is 6.29. The van der Waals surface area contributed by atoms with Crippen LogP contribution in [0.15, 0.2) is 0 Å². The van der Waals surface area contributed by atoms with E-state index in [1.807, 2.05) is 7.11 Å². The molecule has 2 atom stereocenters. The Kier molecular flexibility index (Phi) is 14.9. The maximum Gasteiger partial charge on any atom is 0.230 e. The first-order valence-electron chi connectivity index (χ1n) is 24.7. The van der Waals surface area contributed by atoms with Crippen LogP contribution < -0.4 is 25.8 Å². The number of rotatable bonds is 15. The van der Waals surface area contributed by atoms with Crippen LogP contribution in [0.4, 0.5) is 11.9 Å². The molecule has 5 heterocycles. The molecule has 10 nitrogen and oxygen atoms in total. The quantitative estimate of drug-likeness (QED) is 0.148. The van der Waals surface area contributed by atoms with Gasteiger partial charge in [-0.15, -0.1) is 0 Å². The molecule has 1 aromatic heterocycles. The van der Waals surface area contributed by atoms with Crippen LogP contribution in [0.3, 0.4) is 0 Å². The Morgan fingerprint density at radius 2 is 0.885 bits per heavy atom. The van der Waals surface area contributed by atoms with Crippen LogP contribution in [0.25, 0.3) is 0 Å². The van der Waals surface area contributed by atoms with Gasteiger partial charge in [0, 0.05) is 76.4 Å². The Hall–Kier alpha value is -1.59. The van der Waals surface area contributed by atoms with E-state index in [0.717, 1.165) is 74.5 Å². The number of hydroxylamine groups is 2. The third-order valence-corrected chi connectivity index (χ3v) is 15.4. The number of piperidine rings is 4. The second kappa shape index (κ2) is 18.0. The average molecular weight is 852 g/mol. The molecule has 0 aromatic carbocycles. The molecule has 0 radical (unpaired) electrons. The number of anilines is 2. The zero-order valence-electron chi connectivity index (χ0n) is 43.5. The second-order valence-electron chi connectivity index (χ2n) is 26.3. The predicted octanol–water partition coefficient (Wildman–Crippen LogP) is 10.8. The first kappa shape index (κ1) is 50.4. The van der Waals surface area contributed by atoms with Gasteiger partial charge in [-0.1, -0.05) is 39.0 Å². The molecule has 0 amide bonds. The third-order valence-electron chi connectivity index (χ3n) is 15.4. The SMILES string of the molecule is CON1C(C)(C)CC(N(C)c2nc(C(CCCCCCC(C)C3CC(C)(C)NC(C)(C)C3)C3CC(C)(C)NC(C)(C)C3)nc(N(C)C3CC(C)(C)NC(C)(C)C3)n2)CC1(C)C.